The van der Waals surface area contributed by atoms with Crippen LogP contribution in [-0.2, 0) is 6.54 Å². The maximum atomic E-state index is 6.23. The first kappa shape index (κ1) is 13.8. The standard InChI is InChI=1S/C13H17BrClN3/c1-8(15)11-17-10-5-9(14)6-16-12(10)18(11)7-13(2,3)4/h5-6,8H,7H2,1-4H3. The second kappa shape index (κ2) is 4.82. The van der Waals surface area contributed by atoms with Crippen molar-refractivity contribution in [1.82, 2.24) is 14.5 Å². The molecule has 0 N–H and O–H groups in total. The first-order valence-corrected chi connectivity index (χ1v) is 7.16. The van der Waals surface area contributed by atoms with Crippen molar-refractivity contribution in [2.45, 2.75) is 39.6 Å². The van der Waals surface area contributed by atoms with Gasteiger partial charge in [0.05, 0.1) is 5.38 Å². The number of pyridine rings is 1. The lowest BCUT2D eigenvalue weighted by Crippen LogP contribution is -2.18. The summed E-state index contributed by atoms with van der Waals surface area (Å²) in [5.74, 6) is 0.882. The Morgan fingerprint density at radius 2 is 2.11 bits per heavy atom. The Morgan fingerprint density at radius 3 is 2.67 bits per heavy atom. The van der Waals surface area contributed by atoms with E-state index in [-0.39, 0.29) is 10.8 Å². The molecule has 0 amide bonds. The summed E-state index contributed by atoms with van der Waals surface area (Å²) in [4.78, 5) is 9.06. The topological polar surface area (TPSA) is 30.7 Å². The molecule has 18 heavy (non-hydrogen) atoms. The van der Waals surface area contributed by atoms with E-state index in [0.29, 0.717) is 0 Å². The fraction of sp³-hybridized carbons (Fsp3) is 0.538. The molecule has 1 unspecified atom stereocenters. The summed E-state index contributed by atoms with van der Waals surface area (Å²) in [6.45, 7) is 9.38. The highest BCUT2D eigenvalue weighted by Crippen LogP contribution is 2.28. The number of fused-ring (bicyclic) bond motifs is 1. The van der Waals surface area contributed by atoms with Crippen LogP contribution in [0.4, 0.5) is 0 Å². The fourth-order valence-electron chi connectivity index (χ4n) is 1.94. The van der Waals surface area contributed by atoms with Gasteiger partial charge in [-0.1, -0.05) is 20.8 Å². The van der Waals surface area contributed by atoms with Gasteiger partial charge in [-0.15, -0.1) is 11.6 Å². The summed E-state index contributed by atoms with van der Waals surface area (Å²) < 4.78 is 3.06. The van der Waals surface area contributed by atoms with Gasteiger partial charge < -0.3 is 4.57 Å². The molecule has 0 spiro atoms. The Hall–Kier alpha value is -0.610. The number of hydrogen-bond acceptors (Lipinski definition) is 2. The third-order valence-electron chi connectivity index (χ3n) is 2.57. The van der Waals surface area contributed by atoms with Crippen LogP contribution < -0.4 is 0 Å². The van der Waals surface area contributed by atoms with Crippen LogP contribution in [0.2, 0.25) is 0 Å². The zero-order valence-corrected chi connectivity index (χ0v) is 13.4. The second-order valence-electron chi connectivity index (χ2n) is 5.73. The number of imidazole rings is 1. The van der Waals surface area contributed by atoms with E-state index in [9.17, 15) is 0 Å². The molecule has 0 aliphatic rings. The van der Waals surface area contributed by atoms with Crippen molar-refractivity contribution >= 4 is 38.7 Å². The largest absolute Gasteiger partial charge is 0.311 e. The zero-order valence-electron chi connectivity index (χ0n) is 11.0. The lowest BCUT2D eigenvalue weighted by atomic mass is 9.97. The molecule has 0 fully saturated rings. The van der Waals surface area contributed by atoms with Crippen molar-refractivity contribution in [3.8, 4) is 0 Å². The van der Waals surface area contributed by atoms with E-state index in [0.717, 1.165) is 28.0 Å². The molecule has 2 rings (SSSR count). The van der Waals surface area contributed by atoms with E-state index in [1.54, 1.807) is 6.20 Å². The van der Waals surface area contributed by atoms with E-state index in [4.69, 9.17) is 11.6 Å². The molecule has 2 aromatic rings. The third kappa shape index (κ3) is 2.86. The van der Waals surface area contributed by atoms with Gasteiger partial charge in [-0.3, -0.25) is 0 Å². The van der Waals surface area contributed by atoms with Gasteiger partial charge in [0.1, 0.15) is 11.3 Å². The predicted octanol–water partition coefficient (Wildman–Crippen LogP) is 4.54. The van der Waals surface area contributed by atoms with Crippen LogP contribution in [-0.4, -0.2) is 14.5 Å². The van der Waals surface area contributed by atoms with Crippen molar-refractivity contribution < 1.29 is 0 Å². The SMILES string of the molecule is CC(Cl)c1nc2cc(Br)cnc2n1CC(C)(C)C. The Bertz CT molecular complexity index is 569. The summed E-state index contributed by atoms with van der Waals surface area (Å²) in [6.07, 6.45) is 1.80. The van der Waals surface area contributed by atoms with Crippen molar-refractivity contribution in [3.05, 3.63) is 22.6 Å². The minimum absolute atomic E-state index is 0.125. The number of rotatable bonds is 2. The van der Waals surface area contributed by atoms with Crippen molar-refractivity contribution in [1.29, 1.82) is 0 Å². The first-order valence-electron chi connectivity index (χ1n) is 5.94. The molecule has 2 heterocycles. The fourth-order valence-corrected chi connectivity index (χ4v) is 2.42. The van der Waals surface area contributed by atoms with Crippen molar-refractivity contribution in [2.75, 3.05) is 0 Å². The zero-order chi connectivity index (χ0) is 13.5. The highest BCUT2D eigenvalue weighted by Gasteiger charge is 2.20. The average molecular weight is 331 g/mol. The minimum Gasteiger partial charge on any atom is -0.311 e. The summed E-state index contributed by atoms with van der Waals surface area (Å²) in [6, 6.07) is 1.98. The third-order valence-corrected chi connectivity index (χ3v) is 3.20. The molecular weight excluding hydrogens is 314 g/mol. The van der Waals surface area contributed by atoms with Crippen LogP contribution in [0.25, 0.3) is 11.2 Å². The van der Waals surface area contributed by atoms with E-state index in [1.165, 1.54) is 0 Å². The molecule has 98 valence electrons. The molecule has 5 heteroatoms. The van der Waals surface area contributed by atoms with Gasteiger partial charge >= 0.3 is 0 Å². The Labute approximate surface area is 121 Å². The maximum absolute atomic E-state index is 6.23. The van der Waals surface area contributed by atoms with E-state index in [2.05, 4.69) is 51.2 Å². The minimum atomic E-state index is -0.125. The molecule has 0 aliphatic heterocycles. The number of halogens is 2. The van der Waals surface area contributed by atoms with Gasteiger partial charge in [0.15, 0.2) is 5.65 Å². The van der Waals surface area contributed by atoms with Crippen LogP contribution in [0.1, 0.15) is 38.9 Å². The summed E-state index contributed by atoms with van der Waals surface area (Å²) >= 11 is 9.65. The number of aromatic nitrogens is 3. The number of hydrogen-bond donors (Lipinski definition) is 0. The molecule has 0 aromatic carbocycles. The smallest absolute Gasteiger partial charge is 0.160 e. The summed E-state index contributed by atoms with van der Waals surface area (Å²) in [5.41, 5.74) is 1.94. The quantitative estimate of drug-likeness (QED) is 0.757. The van der Waals surface area contributed by atoms with E-state index < -0.39 is 0 Å². The van der Waals surface area contributed by atoms with Gasteiger partial charge in [0, 0.05) is 17.2 Å². The highest BCUT2D eigenvalue weighted by atomic mass is 79.9. The average Bonchev–Trinajstić information content (AvgIpc) is 2.54. The summed E-state index contributed by atoms with van der Waals surface area (Å²) in [7, 11) is 0. The molecule has 0 aliphatic carbocycles. The lowest BCUT2D eigenvalue weighted by molar-refractivity contribution is 0.342. The monoisotopic (exact) mass is 329 g/mol. The second-order valence-corrected chi connectivity index (χ2v) is 7.30. The highest BCUT2D eigenvalue weighted by molar-refractivity contribution is 9.10. The van der Waals surface area contributed by atoms with Gasteiger partial charge in [0.25, 0.3) is 0 Å². The molecule has 1 atom stereocenters. The van der Waals surface area contributed by atoms with Crippen LogP contribution in [0.15, 0.2) is 16.7 Å². The normalized spacial score (nSPS) is 14.1. The number of nitrogens with zero attached hydrogens (tertiary/aromatic N) is 3. The van der Waals surface area contributed by atoms with Gasteiger partial charge in [0.2, 0.25) is 0 Å². The number of alkyl halides is 1. The lowest BCUT2D eigenvalue weighted by Gasteiger charge is -2.21. The molecule has 0 radical (unpaired) electrons. The summed E-state index contributed by atoms with van der Waals surface area (Å²) in [5, 5.41) is -0.125. The van der Waals surface area contributed by atoms with E-state index >= 15 is 0 Å². The van der Waals surface area contributed by atoms with Gasteiger partial charge in [-0.2, -0.15) is 0 Å². The molecule has 0 saturated heterocycles. The van der Waals surface area contributed by atoms with Crippen LogP contribution in [0, 0.1) is 5.41 Å². The van der Waals surface area contributed by atoms with Crippen LogP contribution in [0.5, 0.6) is 0 Å². The van der Waals surface area contributed by atoms with Crippen LogP contribution >= 0.6 is 27.5 Å². The van der Waals surface area contributed by atoms with Crippen LogP contribution in [0.3, 0.4) is 0 Å². The Kier molecular flexibility index (Phi) is 3.70. The van der Waals surface area contributed by atoms with Crippen molar-refractivity contribution in [2.24, 2.45) is 5.41 Å². The van der Waals surface area contributed by atoms with Gasteiger partial charge in [-0.25, -0.2) is 9.97 Å². The molecule has 3 nitrogen and oxygen atoms in total. The predicted molar refractivity (Wildman–Crippen MR) is 79.0 cm³/mol. The first-order chi connectivity index (χ1) is 8.28. The Morgan fingerprint density at radius 1 is 1.44 bits per heavy atom. The Balaban J connectivity index is 2.63. The maximum Gasteiger partial charge on any atom is 0.160 e. The van der Waals surface area contributed by atoms with E-state index in [1.807, 2.05) is 13.0 Å². The van der Waals surface area contributed by atoms with Gasteiger partial charge in [-0.05, 0) is 34.3 Å². The molecular formula is C13H17BrClN3. The molecule has 2 aromatic heterocycles. The molecule has 0 saturated carbocycles. The molecule has 0 bridgehead atoms. The van der Waals surface area contributed by atoms with Crippen molar-refractivity contribution in [3.63, 3.8) is 0 Å².